The predicted molar refractivity (Wildman–Crippen MR) is 117 cm³/mol. The number of nitrogens with one attached hydrogen (secondary N) is 1. The first-order chi connectivity index (χ1) is 14.5. The fraction of sp³-hybridized carbons (Fsp3) is 0.217. The van der Waals surface area contributed by atoms with Gasteiger partial charge in [0, 0.05) is 29.6 Å². The number of aromatic nitrogens is 1. The van der Waals surface area contributed by atoms with Crippen LogP contribution in [-0.4, -0.2) is 29.1 Å². The number of amides is 2. The highest BCUT2D eigenvalue weighted by molar-refractivity contribution is 7.14. The molecule has 0 unspecified atom stereocenters. The van der Waals surface area contributed by atoms with Gasteiger partial charge in [-0.05, 0) is 49.1 Å². The quantitative estimate of drug-likeness (QED) is 0.610. The summed E-state index contributed by atoms with van der Waals surface area (Å²) in [6, 6.07) is 15.2. The largest absolute Gasteiger partial charge is 0.306 e. The van der Waals surface area contributed by atoms with Gasteiger partial charge in [-0.2, -0.15) is 0 Å². The third-order valence-electron chi connectivity index (χ3n) is 5.08. The van der Waals surface area contributed by atoms with Crippen molar-refractivity contribution in [1.82, 2.24) is 4.98 Å². The normalized spacial score (nSPS) is 12.5. The van der Waals surface area contributed by atoms with E-state index in [1.807, 2.05) is 42.5 Å². The number of hydrogen-bond donors (Lipinski definition) is 1. The SMILES string of the molecule is CC(=O)c1ccc2c(c1)CCN2C(=O)c1csc(NC(=O)CCc2ccccc2)n1. The van der Waals surface area contributed by atoms with Crippen LogP contribution in [-0.2, 0) is 17.6 Å². The second kappa shape index (κ2) is 8.59. The first kappa shape index (κ1) is 20.0. The Kier molecular flexibility index (Phi) is 5.72. The molecule has 1 aromatic heterocycles. The molecule has 4 rings (SSSR count). The molecule has 152 valence electrons. The molecular formula is C23H21N3O3S. The number of thiazole rings is 1. The number of fused-ring (bicyclic) bond motifs is 1. The standard InChI is InChI=1S/C23H21N3O3S/c1-15(27)17-8-9-20-18(13-17)11-12-26(20)22(29)19-14-30-23(24-19)25-21(28)10-7-16-5-3-2-4-6-16/h2-6,8-9,13-14H,7,10-12H2,1H3,(H,24,25,28). The molecule has 1 aliphatic rings. The van der Waals surface area contributed by atoms with Crippen LogP contribution in [0.5, 0.6) is 0 Å². The summed E-state index contributed by atoms with van der Waals surface area (Å²) in [4.78, 5) is 42.7. The molecule has 1 aliphatic heterocycles. The predicted octanol–water partition coefficient (Wildman–Crippen LogP) is 4.12. The highest BCUT2D eigenvalue weighted by atomic mass is 32.1. The molecule has 0 bridgehead atoms. The molecule has 3 aromatic rings. The van der Waals surface area contributed by atoms with E-state index in [0.717, 1.165) is 16.8 Å². The Bertz CT molecular complexity index is 1110. The molecule has 0 saturated heterocycles. The van der Waals surface area contributed by atoms with Crippen molar-refractivity contribution in [3.63, 3.8) is 0 Å². The maximum absolute atomic E-state index is 12.9. The van der Waals surface area contributed by atoms with Crippen molar-refractivity contribution in [1.29, 1.82) is 0 Å². The molecule has 2 heterocycles. The van der Waals surface area contributed by atoms with Crippen LogP contribution in [0.3, 0.4) is 0 Å². The maximum atomic E-state index is 12.9. The van der Waals surface area contributed by atoms with E-state index in [-0.39, 0.29) is 17.6 Å². The molecule has 0 radical (unpaired) electrons. The lowest BCUT2D eigenvalue weighted by molar-refractivity contribution is -0.116. The van der Waals surface area contributed by atoms with Crippen molar-refractivity contribution in [3.8, 4) is 0 Å². The van der Waals surface area contributed by atoms with Gasteiger partial charge in [-0.15, -0.1) is 11.3 Å². The van der Waals surface area contributed by atoms with E-state index in [0.29, 0.717) is 42.2 Å². The van der Waals surface area contributed by atoms with Crippen LogP contribution < -0.4 is 10.2 Å². The third-order valence-corrected chi connectivity index (χ3v) is 5.84. The van der Waals surface area contributed by atoms with Gasteiger partial charge in [-0.1, -0.05) is 30.3 Å². The topological polar surface area (TPSA) is 79.4 Å². The molecule has 0 fully saturated rings. The molecule has 7 heteroatoms. The second-order valence-corrected chi connectivity index (χ2v) is 8.04. The van der Waals surface area contributed by atoms with Crippen molar-refractivity contribution < 1.29 is 14.4 Å². The van der Waals surface area contributed by atoms with Gasteiger partial charge in [0.1, 0.15) is 5.69 Å². The van der Waals surface area contributed by atoms with Crippen molar-refractivity contribution >= 4 is 39.8 Å². The minimum absolute atomic E-state index is 0.00901. The van der Waals surface area contributed by atoms with Crippen molar-refractivity contribution in [2.75, 3.05) is 16.8 Å². The average Bonchev–Trinajstić information content (AvgIpc) is 3.39. The first-order valence-electron chi connectivity index (χ1n) is 9.76. The third kappa shape index (κ3) is 4.31. The fourth-order valence-electron chi connectivity index (χ4n) is 3.48. The zero-order valence-corrected chi connectivity index (χ0v) is 17.4. The van der Waals surface area contributed by atoms with E-state index in [1.54, 1.807) is 16.3 Å². The van der Waals surface area contributed by atoms with Crippen LogP contribution in [0.4, 0.5) is 10.8 Å². The Morgan fingerprint density at radius 2 is 1.93 bits per heavy atom. The summed E-state index contributed by atoms with van der Waals surface area (Å²) in [6.45, 7) is 2.08. The lowest BCUT2D eigenvalue weighted by atomic mass is 10.1. The first-order valence-corrected chi connectivity index (χ1v) is 10.6. The highest BCUT2D eigenvalue weighted by Crippen LogP contribution is 2.31. The molecule has 2 amide bonds. The van der Waals surface area contributed by atoms with Crippen molar-refractivity contribution in [2.24, 2.45) is 0 Å². The molecule has 0 atom stereocenters. The van der Waals surface area contributed by atoms with Crippen molar-refractivity contribution in [2.45, 2.75) is 26.2 Å². The Morgan fingerprint density at radius 1 is 1.13 bits per heavy atom. The van der Waals surface area contributed by atoms with Crippen LogP contribution in [0.15, 0.2) is 53.9 Å². The van der Waals surface area contributed by atoms with Crippen LogP contribution in [0.2, 0.25) is 0 Å². The summed E-state index contributed by atoms with van der Waals surface area (Å²) in [5.74, 6) is -0.324. The summed E-state index contributed by atoms with van der Waals surface area (Å²) in [7, 11) is 0. The fourth-order valence-corrected chi connectivity index (χ4v) is 4.18. The number of Topliss-reactive ketones (excluding diaryl/α,β-unsaturated/α-hetero) is 1. The number of hydrogen-bond acceptors (Lipinski definition) is 5. The van der Waals surface area contributed by atoms with Gasteiger partial charge in [0.15, 0.2) is 10.9 Å². The lowest BCUT2D eigenvalue weighted by Crippen LogP contribution is -2.29. The van der Waals surface area contributed by atoms with Gasteiger partial charge in [0.05, 0.1) is 0 Å². The maximum Gasteiger partial charge on any atom is 0.277 e. The van der Waals surface area contributed by atoms with Gasteiger partial charge in [-0.3, -0.25) is 14.4 Å². The Labute approximate surface area is 178 Å². The number of aryl methyl sites for hydroxylation is 1. The number of ketones is 1. The Balaban J connectivity index is 1.39. The highest BCUT2D eigenvalue weighted by Gasteiger charge is 2.27. The van der Waals surface area contributed by atoms with Crippen LogP contribution in [0, 0.1) is 0 Å². The monoisotopic (exact) mass is 419 g/mol. The summed E-state index contributed by atoms with van der Waals surface area (Å²) in [5.41, 5.74) is 3.86. The van der Waals surface area contributed by atoms with E-state index < -0.39 is 0 Å². The lowest BCUT2D eigenvalue weighted by Gasteiger charge is -2.16. The number of rotatable bonds is 6. The summed E-state index contributed by atoms with van der Waals surface area (Å²) in [5, 5.41) is 4.86. The van der Waals surface area contributed by atoms with Crippen molar-refractivity contribution in [3.05, 3.63) is 76.3 Å². The van der Waals surface area contributed by atoms with Gasteiger partial charge in [0.2, 0.25) is 5.91 Å². The van der Waals surface area contributed by atoms with E-state index in [2.05, 4.69) is 10.3 Å². The molecule has 6 nitrogen and oxygen atoms in total. The Morgan fingerprint density at radius 3 is 2.70 bits per heavy atom. The summed E-state index contributed by atoms with van der Waals surface area (Å²) < 4.78 is 0. The van der Waals surface area contributed by atoms with Crippen LogP contribution in [0.25, 0.3) is 0 Å². The minimum atomic E-state index is -0.203. The number of nitrogens with zero attached hydrogens (tertiary/aromatic N) is 2. The van der Waals surface area contributed by atoms with Gasteiger partial charge in [0.25, 0.3) is 5.91 Å². The van der Waals surface area contributed by atoms with Gasteiger partial charge < -0.3 is 10.2 Å². The number of anilines is 2. The van der Waals surface area contributed by atoms with Gasteiger partial charge in [-0.25, -0.2) is 4.98 Å². The van der Waals surface area contributed by atoms with E-state index in [9.17, 15) is 14.4 Å². The smallest absolute Gasteiger partial charge is 0.277 e. The molecule has 0 aliphatic carbocycles. The average molecular weight is 420 g/mol. The molecule has 1 N–H and O–H groups in total. The number of carbonyl (C=O) groups is 3. The van der Waals surface area contributed by atoms with Crippen LogP contribution >= 0.6 is 11.3 Å². The molecule has 0 spiro atoms. The zero-order valence-electron chi connectivity index (χ0n) is 16.6. The number of benzene rings is 2. The summed E-state index contributed by atoms with van der Waals surface area (Å²) in [6.07, 6.45) is 1.71. The zero-order chi connectivity index (χ0) is 21.1. The minimum Gasteiger partial charge on any atom is -0.306 e. The molecule has 30 heavy (non-hydrogen) atoms. The van der Waals surface area contributed by atoms with Gasteiger partial charge >= 0.3 is 0 Å². The molecule has 2 aromatic carbocycles. The molecular weight excluding hydrogens is 398 g/mol. The van der Waals surface area contributed by atoms with E-state index >= 15 is 0 Å². The second-order valence-electron chi connectivity index (χ2n) is 7.18. The van der Waals surface area contributed by atoms with E-state index in [1.165, 1.54) is 18.3 Å². The van der Waals surface area contributed by atoms with E-state index in [4.69, 9.17) is 0 Å². The molecule has 0 saturated carbocycles. The summed E-state index contributed by atoms with van der Waals surface area (Å²) >= 11 is 1.24. The van der Waals surface area contributed by atoms with Crippen LogP contribution in [0.1, 0.15) is 45.3 Å². The Hall–Kier alpha value is -3.32. The number of carbonyl (C=O) groups excluding carboxylic acids is 3.